The minimum Gasteiger partial charge on any atom is -0.336 e. The van der Waals surface area contributed by atoms with Crippen molar-refractivity contribution in [1.82, 2.24) is 19.8 Å². The molecule has 0 saturated carbocycles. The molecule has 3 rings (SSSR count). The van der Waals surface area contributed by atoms with E-state index in [2.05, 4.69) is 10.3 Å². The number of non-ortho nitro benzene ring substituents is 1. The van der Waals surface area contributed by atoms with Crippen molar-refractivity contribution < 1.29 is 9.72 Å². The smallest absolute Gasteiger partial charge is 0.270 e. The molecule has 23 heavy (non-hydrogen) atoms. The summed E-state index contributed by atoms with van der Waals surface area (Å²) in [5.74, 6) is 0.569. The minimum atomic E-state index is -0.495. The van der Waals surface area contributed by atoms with Crippen LogP contribution >= 0.6 is 0 Å². The van der Waals surface area contributed by atoms with Crippen LogP contribution in [0.2, 0.25) is 0 Å². The molecule has 1 aromatic carbocycles. The van der Waals surface area contributed by atoms with Crippen LogP contribution < -0.4 is 5.32 Å². The van der Waals surface area contributed by atoms with Gasteiger partial charge in [-0.05, 0) is 6.07 Å². The fraction of sp³-hybridized carbons (Fsp3) is 0.333. The van der Waals surface area contributed by atoms with E-state index in [-0.39, 0.29) is 17.6 Å². The van der Waals surface area contributed by atoms with E-state index in [1.165, 1.54) is 18.2 Å². The predicted molar refractivity (Wildman–Crippen MR) is 83.0 cm³/mol. The van der Waals surface area contributed by atoms with Crippen molar-refractivity contribution in [2.24, 2.45) is 7.05 Å². The van der Waals surface area contributed by atoms with Crippen LogP contribution in [-0.2, 0) is 7.05 Å². The molecule has 8 heteroatoms. The van der Waals surface area contributed by atoms with Crippen molar-refractivity contribution in [3.63, 3.8) is 0 Å². The van der Waals surface area contributed by atoms with Gasteiger partial charge < -0.3 is 14.8 Å². The molecule has 1 N–H and O–H groups in total. The predicted octanol–water partition coefficient (Wildman–Crippen LogP) is 1.11. The Labute approximate surface area is 132 Å². The Bertz CT molecular complexity index is 742. The van der Waals surface area contributed by atoms with Gasteiger partial charge in [0, 0.05) is 56.8 Å². The lowest BCUT2D eigenvalue weighted by Crippen LogP contribution is -2.49. The molecule has 1 amide bonds. The van der Waals surface area contributed by atoms with Crippen LogP contribution in [0.4, 0.5) is 5.69 Å². The maximum Gasteiger partial charge on any atom is 0.270 e. The fourth-order valence-corrected chi connectivity index (χ4v) is 2.79. The molecule has 1 aliphatic heterocycles. The van der Waals surface area contributed by atoms with Gasteiger partial charge in [0.1, 0.15) is 11.9 Å². The average Bonchev–Trinajstić information content (AvgIpc) is 3.00. The topological polar surface area (TPSA) is 93.3 Å². The molecule has 1 aromatic heterocycles. The summed E-state index contributed by atoms with van der Waals surface area (Å²) >= 11 is 0. The van der Waals surface area contributed by atoms with E-state index in [4.69, 9.17) is 0 Å². The lowest BCUT2D eigenvalue weighted by Gasteiger charge is -2.35. The molecule has 1 saturated heterocycles. The van der Waals surface area contributed by atoms with Gasteiger partial charge in [-0.2, -0.15) is 0 Å². The summed E-state index contributed by atoms with van der Waals surface area (Å²) in [4.78, 5) is 29.3. The molecule has 0 aliphatic carbocycles. The van der Waals surface area contributed by atoms with Crippen molar-refractivity contribution in [1.29, 1.82) is 0 Å². The number of carbonyl (C=O) groups is 1. The Morgan fingerprint density at radius 2 is 2.30 bits per heavy atom. The summed E-state index contributed by atoms with van der Waals surface area (Å²) in [5, 5.41) is 14.2. The number of nitrogens with zero attached hydrogens (tertiary/aromatic N) is 4. The van der Waals surface area contributed by atoms with Crippen molar-refractivity contribution in [2.45, 2.75) is 6.04 Å². The average molecular weight is 315 g/mol. The van der Waals surface area contributed by atoms with Gasteiger partial charge in [-0.1, -0.05) is 6.07 Å². The fourth-order valence-electron chi connectivity index (χ4n) is 2.79. The third-order valence-electron chi connectivity index (χ3n) is 3.96. The van der Waals surface area contributed by atoms with Gasteiger partial charge in [-0.3, -0.25) is 14.9 Å². The van der Waals surface area contributed by atoms with Crippen LogP contribution in [-0.4, -0.2) is 44.9 Å². The molecule has 1 fully saturated rings. The van der Waals surface area contributed by atoms with Crippen molar-refractivity contribution in [3.8, 4) is 0 Å². The normalized spacial score (nSPS) is 18.0. The Balaban J connectivity index is 1.91. The number of piperazine rings is 1. The maximum absolute atomic E-state index is 12.8. The standard InChI is InChI=1S/C15H17N5O3/c1-18-7-6-17-14(18)13-10-16-5-8-19(13)15(21)11-3-2-4-12(9-11)20(22)23/h2-4,6-7,9,13,16H,5,8,10H2,1H3. The zero-order valence-electron chi connectivity index (χ0n) is 12.7. The van der Waals surface area contributed by atoms with Crippen molar-refractivity contribution in [3.05, 3.63) is 58.2 Å². The van der Waals surface area contributed by atoms with E-state index < -0.39 is 4.92 Å². The van der Waals surface area contributed by atoms with Gasteiger partial charge in [0.15, 0.2) is 0 Å². The number of imidazole rings is 1. The quantitative estimate of drug-likeness (QED) is 0.676. The monoisotopic (exact) mass is 315 g/mol. The van der Waals surface area contributed by atoms with Crippen LogP contribution in [0.5, 0.6) is 0 Å². The van der Waals surface area contributed by atoms with Gasteiger partial charge in [-0.25, -0.2) is 4.98 Å². The first-order chi connectivity index (χ1) is 11.1. The largest absolute Gasteiger partial charge is 0.336 e. The number of rotatable bonds is 3. The number of amides is 1. The number of carbonyl (C=O) groups excluding carboxylic acids is 1. The summed E-state index contributed by atoms with van der Waals surface area (Å²) in [6.07, 6.45) is 3.53. The van der Waals surface area contributed by atoms with Gasteiger partial charge in [-0.15, -0.1) is 0 Å². The van der Waals surface area contributed by atoms with E-state index in [1.54, 1.807) is 17.2 Å². The SMILES string of the molecule is Cn1ccnc1C1CNCCN1C(=O)c1cccc([N+](=O)[O-])c1. The number of hydrogen-bond donors (Lipinski definition) is 1. The second-order valence-electron chi connectivity index (χ2n) is 5.42. The number of hydrogen-bond acceptors (Lipinski definition) is 5. The first kappa shape index (κ1) is 15.2. The molecule has 1 atom stereocenters. The van der Waals surface area contributed by atoms with Crippen LogP contribution in [0, 0.1) is 10.1 Å². The van der Waals surface area contributed by atoms with Gasteiger partial charge >= 0.3 is 0 Å². The summed E-state index contributed by atoms with van der Waals surface area (Å²) < 4.78 is 1.88. The van der Waals surface area contributed by atoms with E-state index in [0.29, 0.717) is 25.2 Å². The molecule has 1 unspecified atom stereocenters. The number of nitro benzene ring substituents is 1. The Kier molecular flexibility index (Phi) is 4.07. The number of nitro groups is 1. The van der Waals surface area contributed by atoms with Crippen molar-refractivity contribution >= 4 is 11.6 Å². The highest BCUT2D eigenvalue weighted by Gasteiger charge is 2.31. The Hall–Kier alpha value is -2.74. The van der Waals surface area contributed by atoms with Crippen LogP contribution in [0.15, 0.2) is 36.7 Å². The number of nitrogens with one attached hydrogen (secondary N) is 1. The van der Waals surface area contributed by atoms with E-state index in [9.17, 15) is 14.9 Å². The van der Waals surface area contributed by atoms with Crippen molar-refractivity contribution in [2.75, 3.05) is 19.6 Å². The minimum absolute atomic E-state index is 0.0838. The number of benzene rings is 1. The first-order valence-corrected chi connectivity index (χ1v) is 7.31. The molecule has 1 aliphatic rings. The molecular weight excluding hydrogens is 298 g/mol. The number of aromatic nitrogens is 2. The van der Waals surface area contributed by atoms with E-state index in [1.807, 2.05) is 17.8 Å². The second kappa shape index (κ2) is 6.17. The summed E-state index contributed by atoms with van der Waals surface area (Å²) in [6, 6.07) is 5.64. The molecule has 0 spiro atoms. The molecular formula is C15H17N5O3. The maximum atomic E-state index is 12.8. The third kappa shape index (κ3) is 2.93. The molecule has 2 aromatic rings. The van der Waals surface area contributed by atoms with E-state index in [0.717, 1.165) is 5.82 Å². The molecule has 120 valence electrons. The van der Waals surface area contributed by atoms with Crippen LogP contribution in [0.1, 0.15) is 22.2 Å². The zero-order valence-corrected chi connectivity index (χ0v) is 12.7. The van der Waals surface area contributed by atoms with Gasteiger partial charge in [0.05, 0.1) is 4.92 Å². The number of aryl methyl sites for hydroxylation is 1. The summed E-state index contributed by atoms with van der Waals surface area (Å²) in [6.45, 7) is 1.81. The lowest BCUT2D eigenvalue weighted by atomic mass is 10.1. The molecule has 8 nitrogen and oxygen atoms in total. The highest BCUT2D eigenvalue weighted by molar-refractivity contribution is 5.95. The van der Waals surface area contributed by atoms with Gasteiger partial charge in [0.25, 0.3) is 11.6 Å². The Morgan fingerprint density at radius 3 is 3.00 bits per heavy atom. The second-order valence-corrected chi connectivity index (χ2v) is 5.42. The van der Waals surface area contributed by atoms with E-state index >= 15 is 0 Å². The molecule has 0 bridgehead atoms. The van der Waals surface area contributed by atoms with Gasteiger partial charge in [0.2, 0.25) is 0 Å². The summed E-state index contributed by atoms with van der Waals surface area (Å²) in [5.41, 5.74) is 0.236. The molecule has 2 heterocycles. The zero-order chi connectivity index (χ0) is 16.4. The summed E-state index contributed by atoms with van der Waals surface area (Å²) in [7, 11) is 1.88. The lowest BCUT2D eigenvalue weighted by molar-refractivity contribution is -0.384. The Morgan fingerprint density at radius 1 is 1.48 bits per heavy atom. The van der Waals surface area contributed by atoms with Crippen LogP contribution in [0.25, 0.3) is 0 Å². The highest BCUT2D eigenvalue weighted by Crippen LogP contribution is 2.24. The third-order valence-corrected chi connectivity index (χ3v) is 3.96. The van der Waals surface area contributed by atoms with Crippen LogP contribution in [0.3, 0.4) is 0 Å². The molecule has 0 radical (unpaired) electrons. The first-order valence-electron chi connectivity index (χ1n) is 7.31. The highest BCUT2D eigenvalue weighted by atomic mass is 16.6.